The van der Waals surface area contributed by atoms with Gasteiger partial charge in [0.05, 0.1) is 18.8 Å². The lowest BCUT2D eigenvalue weighted by atomic mass is 9.88. The zero-order valence-electron chi connectivity index (χ0n) is 60.4. The lowest BCUT2D eigenvalue weighted by Crippen LogP contribution is -2.60. The third-order valence-corrected chi connectivity index (χ3v) is 17.6. The molecule has 1 fully saturated rings. The highest BCUT2D eigenvalue weighted by Gasteiger charge is 2.38. The first-order chi connectivity index (χ1) is 47.5. The summed E-state index contributed by atoms with van der Waals surface area (Å²) in [6, 6.07) is -14.4. The van der Waals surface area contributed by atoms with E-state index >= 15 is 0 Å². The number of primary amides is 2. The Hall–Kier alpha value is -9.11. The van der Waals surface area contributed by atoms with Crippen molar-refractivity contribution in [3.05, 3.63) is 18.2 Å². The number of nitrogens with two attached hydrogens (primary N) is 3. The third-order valence-electron chi connectivity index (χ3n) is 17.6. The molecule has 2 rings (SSSR count). The Balaban J connectivity index is 2.31. The van der Waals surface area contributed by atoms with Gasteiger partial charge >= 0.3 is 5.97 Å². The molecule has 0 aromatic carbocycles. The van der Waals surface area contributed by atoms with Gasteiger partial charge < -0.3 is 91.1 Å². The molecule has 568 valence electrons. The molecule has 14 amide bonds. The summed E-state index contributed by atoms with van der Waals surface area (Å²) in [6.45, 7) is 18.5. The molecule has 1 aromatic rings. The topological polar surface area (TPSA) is 544 Å². The highest BCUT2D eigenvalue weighted by molar-refractivity contribution is 6.00. The molecule has 101 heavy (non-hydrogen) atoms. The van der Waals surface area contributed by atoms with E-state index in [1.807, 2.05) is 20.8 Å². The van der Waals surface area contributed by atoms with Crippen LogP contribution < -0.4 is 81.0 Å². The molecule has 1 unspecified atom stereocenters. The normalized spacial score (nSPS) is 19.4. The van der Waals surface area contributed by atoms with Crippen LogP contribution in [0.3, 0.4) is 0 Å². The zero-order chi connectivity index (χ0) is 76.2. The van der Waals surface area contributed by atoms with Gasteiger partial charge in [-0.3, -0.25) is 76.7 Å². The number of carbonyl (C=O) groups excluding carboxylic acids is 15. The second-order valence-corrected chi connectivity index (χ2v) is 27.0. The molecule has 1 aliphatic heterocycles. The number of aromatic amines is 1. The number of hydrogen-bond acceptors (Lipinski definition) is 18. The summed E-state index contributed by atoms with van der Waals surface area (Å²) < 4.78 is 0. The maximum atomic E-state index is 14.3. The molecular formula is C67H113N17O17. The Labute approximate surface area is 590 Å². The number of nitrogens with one attached hydrogen (secondary N) is 13. The molecule has 1 aromatic heterocycles. The average Bonchev–Trinajstić information content (AvgIpc) is 1.09. The largest absolute Gasteiger partial charge is 0.481 e. The number of rotatable bonds is 40. The summed E-state index contributed by atoms with van der Waals surface area (Å²) in [7, 11) is 0. The molecule has 20 N–H and O–H groups in total. The van der Waals surface area contributed by atoms with Gasteiger partial charge in [-0.1, -0.05) is 74.7 Å². The van der Waals surface area contributed by atoms with Crippen LogP contribution in [0.2, 0.25) is 0 Å². The molecule has 0 saturated carbocycles. The molecule has 0 bridgehead atoms. The molecule has 2 heterocycles. The molecule has 0 radical (unpaired) electrons. The highest BCUT2D eigenvalue weighted by atomic mass is 16.4. The molecule has 34 heteroatoms. The van der Waals surface area contributed by atoms with Crippen LogP contribution in [-0.4, -0.2) is 189 Å². The number of nitrogens with zero attached hydrogens (tertiary/aromatic N) is 1. The SMILES string of the molecule is CC[C@H](C)[C@H](NC(=O)[C@@H](NC(=O)[C@H](CCC(=O)O)NC(=O)C(CCCCC(=O)[C@H](CC(C)C)NC(=O)[C@H](CCCCN)NC(=O)[C@@H](C)NC(=O)[C@H](CC(N)=O)NC(=O)[C@@H]1CCCCNC(=O)CC[C@@H](NC(C)=O)C(=O)N[C@@H](C)C(=O)N[C@@H](Cc2cnc[nH]2)C(=O)N1)C(C)C)[C@@H](C)CC)C(N)=O. The Bertz CT molecular complexity index is 2970. The van der Waals surface area contributed by atoms with Crippen molar-refractivity contribution in [1.29, 1.82) is 0 Å². The molecule has 0 spiro atoms. The monoisotopic (exact) mass is 1430 g/mol. The van der Waals surface area contributed by atoms with Crippen molar-refractivity contribution in [2.24, 2.45) is 46.8 Å². The summed E-state index contributed by atoms with van der Waals surface area (Å²) in [5.74, 6) is -14.6. The number of imidazole rings is 1. The van der Waals surface area contributed by atoms with E-state index in [0.717, 1.165) is 0 Å². The number of aliphatic carboxylic acids is 1. The first-order valence-corrected chi connectivity index (χ1v) is 35.1. The Kier molecular flexibility index (Phi) is 39.7. The van der Waals surface area contributed by atoms with Crippen molar-refractivity contribution in [2.75, 3.05) is 13.1 Å². The van der Waals surface area contributed by atoms with Gasteiger partial charge in [-0.15, -0.1) is 0 Å². The van der Waals surface area contributed by atoms with Gasteiger partial charge in [0.25, 0.3) is 0 Å². The van der Waals surface area contributed by atoms with Gasteiger partial charge in [0, 0.05) is 57.0 Å². The number of carbonyl (C=O) groups is 16. The molecule has 0 aliphatic carbocycles. The zero-order valence-corrected chi connectivity index (χ0v) is 60.4. The molecular weight excluding hydrogens is 1310 g/mol. The van der Waals surface area contributed by atoms with Crippen molar-refractivity contribution in [3.8, 4) is 0 Å². The van der Waals surface area contributed by atoms with Crippen molar-refractivity contribution < 1.29 is 81.8 Å². The van der Waals surface area contributed by atoms with Crippen molar-refractivity contribution in [3.63, 3.8) is 0 Å². The number of unbranched alkanes of at least 4 members (excludes halogenated alkanes) is 2. The number of carboxylic acids is 1. The predicted molar refractivity (Wildman–Crippen MR) is 370 cm³/mol. The molecule has 34 nitrogen and oxygen atoms in total. The van der Waals surface area contributed by atoms with Crippen LogP contribution in [0.25, 0.3) is 0 Å². The molecule has 1 aliphatic rings. The number of Topliss-reactive ketones (excluding diaryl/α,β-unsaturated/α-hetero) is 1. The van der Waals surface area contributed by atoms with Gasteiger partial charge in [0.2, 0.25) is 82.7 Å². The first kappa shape index (κ1) is 88.0. The average molecular weight is 1430 g/mol. The summed E-state index contributed by atoms with van der Waals surface area (Å²) in [5, 5.41) is 40.8. The van der Waals surface area contributed by atoms with Gasteiger partial charge in [-0.25, -0.2) is 4.98 Å². The Morgan fingerprint density at radius 3 is 1.82 bits per heavy atom. The van der Waals surface area contributed by atoms with Crippen LogP contribution in [0.1, 0.15) is 197 Å². The minimum absolute atomic E-state index is 0.0420. The summed E-state index contributed by atoms with van der Waals surface area (Å²) >= 11 is 0. The van der Waals surface area contributed by atoms with Crippen molar-refractivity contribution in [1.82, 2.24) is 73.8 Å². The third kappa shape index (κ3) is 32.8. The quantitative estimate of drug-likeness (QED) is 0.0326. The summed E-state index contributed by atoms with van der Waals surface area (Å²) in [4.78, 5) is 221. The minimum Gasteiger partial charge on any atom is -0.481 e. The van der Waals surface area contributed by atoms with Gasteiger partial charge in [-0.2, -0.15) is 0 Å². The fraction of sp³-hybridized carbons (Fsp3) is 0.716. The fourth-order valence-corrected chi connectivity index (χ4v) is 11.1. The van der Waals surface area contributed by atoms with Gasteiger partial charge in [-0.05, 0) is 115 Å². The van der Waals surface area contributed by atoms with Crippen LogP contribution in [0, 0.1) is 29.6 Å². The van der Waals surface area contributed by atoms with Gasteiger partial charge in [0.1, 0.15) is 60.4 Å². The van der Waals surface area contributed by atoms with Crippen LogP contribution in [-0.2, 0) is 83.1 Å². The predicted octanol–water partition coefficient (Wildman–Crippen LogP) is -1.68. The number of H-pyrrole nitrogens is 1. The summed E-state index contributed by atoms with van der Waals surface area (Å²) in [5.41, 5.74) is 17.3. The summed E-state index contributed by atoms with van der Waals surface area (Å²) in [6.07, 6.45) is 3.66. The Morgan fingerprint density at radius 1 is 0.634 bits per heavy atom. The second kappa shape index (κ2) is 45.6. The molecule has 14 atom stereocenters. The van der Waals surface area contributed by atoms with Crippen LogP contribution >= 0.6 is 0 Å². The lowest BCUT2D eigenvalue weighted by Gasteiger charge is -2.30. The maximum absolute atomic E-state index is 14.3. The van der Waals surface area contributed by atoms with E-state index in [2.05, 4.69) is 73.8 Å². The van der Waals surface area contributed by atoms with E-state index in [9.17, 15) is 81.8 Å². The minimum atomic E-state index is -1.75. The van der Waals surface area contributed by atoms with Gasteiger partial charge in [0.15, 0.2) is 5.78 Å². The van der Waals surface area contributed by atoms with Crippen LogP contribution in [0.4, 0.5) is 0 Å². The van der Waals surface area contributed by atoms with Crippen molar-refractivity contribution in [2.45, 2.75) is 265 Å². The van der Waals surface area contributed by atoms with E-state index in [1.54, 1.807) is 34.6 Å². The molecule has 1 saturated heterocycles. The first-order valence-electron chi connectivity index (χ1n) is 35.1. The lowest BCUT2D eigenvalue weighted by molar-refractivity contribution is -0.139. The van der Waals surface area contributed by atoms with Crippen LogP contribution in [0.15, 0.2) is 12.5 Å². The number of carboxylic acid groups (broad SMARTS) is 1. The number of ketones is 1. The highest BCUT2D eigenvalue weighted by Crippen LogP contribution is 2.22. The standard InChI is InChI=1S/C67H113N17O17/c1-12-37(7)55(57(70)91)83-67(101)56(38(8)13-2)84-64(98)47(25-27-54(89)90)78-60(94)43(36(5)6)20-14-15-23-51(86)48(30-35(3)4)80-62(96)44(21-16-18-28-68)77-58(92)39(9)75-65(99)50(32-52(69)87)82-63(97)45-22-17-19-29-72-53(88)26-24-46(76-41(11)85)61(95)74-40(10)59(93)81-49(66(100)79-45)31-42-33-71-34-73-42/h33-40,43-50,55-56H,12-32,68H2,1-11H3,(H2,69,87)(H2,70,91)(H,71,73)(H,72,88)(H,74,95)(H,75,99)(H,76,85)(H,77,92)(H,78,94)(H,79,100)(H,80,96)(H,81,93)(H,82,97)(H,83,101)(H,84,98)(H,89,90)/t37-,38-,39+,40-,43?,44-,45-,46+,47-,48-,49-,50-,55-,56-/m0/s1. The smallest absolute Gasteiger partial charge is 0.303 e. The van der Waals surface area contributed by atoms with Crippen molar-refractivity contribution >= 4 is 94.5 Å². The van der Waals surface area contributed by atoms with E-state index in [-0.39, 0.29) is 114 Å². The van der Waals surface area contributed by atoms with E-state index in [4.69, 9.17) is 17.2 Å². The van der Waals surface area contributed by atoms with E-state index in [1.165, 1.54) is 33.3 Å². The Morgan fingerprint density at radius 2 is 1.24 bits per heavy atom. The fourth-order valence-electron chi connectivity index (χ4n) is 11.1. The maximum Gasteiger partial charge on any atom is 0.303 e. The van der Waals surface area contributed by atoms with E-state index in [0.29, 0.717) is 37.8 Å². The second-order valence-electron chi connectivity index (χ2n) is 27.0. The number of aromatic nitrogens is 2. The van der Waals surface area contributed by atoms with Crippen LogP contribution in [0.5, 0.6) is 0 Å². The number of amides is 14. The van der Waals surface area contributed by atoms with E-state index < -0.39 is 180 Å². The number of hydrogen-bond donors (Lipinski definition) is 17.